The number of sulfonamides is 1. The highest BCUT2D eigenvalue weighted by Gasteiger charge is 2.42. The molecule has 1 amide bonds. The molecule has 0 aromatic heterocycles. The van der Waals surface area contributed by atoms with Crippen LogP contribution in [0.2, 0.25) is 0 Å². The number of nitrogens with one attached hydrogen (secondary N) is 3. The van der Waals surface area contributed by atoms with E-state index in [0.29, 0.717) is 19.5 Å². The van der Waals surface area contributed by atoms with Crippen molar-refractivity contribution in [2.45, 2.75) is 33.1 Å². The Balaban J connectivity index is 0.00000312. The van der Waals surface area contributed by atoms with Gasteiger partial charge in [0.25, 0.3) is 0 Å². The fraction of sp³-hybridized carbons (Fsp3) is 0.867. The van der Waals surface area contributed by atoms with Crippen LogP contribution in [-0.4, -0.2) is 70.2 Å². The summed E-state index contributed by atoms with van der Waals surface area (Å²) in [7, 11) is -3.18. The summed E-state index contributed by atoms with van der Waals surface area (Å²) in [5.41, 5.74) is 0.00925. The number of amides is 1. The molecule has 10 heteroatoms. The molecule has 1 spiro atoms. The molecule has 0 bridgehead atoms. The summed E-state index contributed by atoms with van der Waals surface area (Å²) in [4.78, 5) is 18.4. The molecule has 2 rings (SSSR count). The Morgan fingerprint density at radius 3 is 2.76 bits per heavy atom. The summed E-state index contributed by atoms with van der Waals surface area (Å²) in [6.07, 6.45) is 2.67. The van der Waals surface area contributed by atoms with Crippen LogP contribution in [0.5, 0.6) is 0 Å². The second-order valence-corrected chi connectivity index (χ2v) is 8.61. The molecular weight excluding hydrogens is 457 g/mol. The zero-order valence-corrected chi connectivity index (χ0v) is 18.2. The number of carbonyl (C=O) groups is 1. The number of carbonyl (C=O) groups excluding carboxylic acids is 1. The second kappa shape index (κ2) is 9.91. The molecule has 2 fully saturated rings. The normalized spacial score (nSPS) is 24.2. The fourth-order valence-electron chi connectivity index (χ4n) is 3.32. The van der Waals surface area contributed by atoms with Crippen LogP contribution >= 0.6 is 24.0 Å². The van der Waals surface area contributed by atoms with Gasteiger partial charge in [-0.05, 0) is 26.7 Å². The van der Waals surface area contributed by atoms with Crippen molar-refractivity contribution in [3.63, 3.8) is 0 Å². The van der Waals surface area contributed by atoms with Gasteiger partial charge in [-0.15, -0.1) is 24.0 Å². The number of hydrogen-bond acceptors (Lipinski definition) is 4. The minimum atomic E-state index is -3.18. The maximum Gasteiger partial charge on any atom is 0.220 e. The van der Waals surface area contributed by atoms with E-state index in [0.717, 1.165) is 45.0 Å². The van der Waals surface area contributed by atoms with E-state index >= 15 is 0 Å². The van der Waals surface area contributed by atoms with Gasteiger partial charge in [-0.25, -0.2) is 13.1 Å². The molecule has 0 saturated carbocycles. The number of hydrogen-bond donors (Lipinski definition) is 3. The standard InChI is InChI=1S/C15H29N5O3S.HI/c1-3-16-14(17-7-8-19-24(22,23)4-2)20-9-5-6-15(12-20)10-13(21)18-11-15;/h19H,3-12H2,1-2H3,(H,16,17)(H,18,21);1H. The third-order valence-electron chi connectivity index (χ3n) is 4.57. The van der Waals surface area contributed by atoms with Crippen molar-refractivity contribution in [1.82, 2.24) is 20.3 Å². The maximum atomic E-state index is 11.6. The van der Waals surface area contributed by atoms with Gasteiger partial charge in [0, 0.05) is 44.6 Å². The number of nitrogens with zero attached hydrogens (tertiary/aromatic N) is 2. The lowest BCUT2D eigenvalue weighted by atomic mass is 9.79. The van der Waals surface area contributed by atoms with E-state index in [9.17, 15) is 13.2 Å². The number of rotatable bonds is 6. The van der Waals surface area contributed by atoms with Crippen LogP contribution in [0.15, 0.2) is 4.99 Å². The van der Waals surface area contributed by atoms with E-state index in [4.69, 9.17) is 0 Å². The van der Waals surface area contributed by atoms with Gasteiger partial charge >= 0.3 is 0 Å². The van der Waals surface area contributed by atoms with E-state index in [2.05, 4.69) is 25.2 Å². The first kappa shape index (κ1) is 22.4. The Kier molecular flexibility index (Phi) is 8.89. The summed E-state index contributed by atoms with van der Waals surface area (Å²) in [5, 5.41) is 6.22. The van der Waals surface area contributed by atoms with Crippen molar-refractivity contribution in [2.75, 3.05) is 45.0 Å². The average Bonchev–Trinajstić information content (AvgIpc) is 2.90. The largest absolute Gasteiger partial charge is 0.357 e. The summed E-state index contributed by atoms with van der Waals surface area (Å²) in [6, 6.07) is 0. The van der Waals surface area contributed by atoms with Gasteiger partial charge in [-0.3, -0.25) is 9.79 Å². The van der Waals surface area contributed by atoms with Gasteiger partial charge in [0.1, 0.15) is 0 Å². The molecule has 2 aliphatic rings. The Morgan fingerprint density at radius 2 is 2.16 bits per heavy atom. The predicted molar refractivity (Wildman–Crippen MR) is 110 cm³/mol. The highest BCUT2D eigenvalue weighted by Crippen LogP contribution is 2.35. The Bertz CT molecular complexity index is 584. The van der Waals surface area contributed by atoms with Crippen LogP contribution in [-0.2, 0) is 14.8 Å². The van der Waals surface area contributed by atoms with Gasteiger partial charge in [0.05, 0.1) is 12.3 Å². The third kappa shape index (κ3) is 6.55. The number of guanidine groups is 1. The molecule has 25 heavy (non-hydrogen) atoms. The molecule has 3 N–H and O–H groups in total. The summed E-state index contributed by atoms with van der Waals surface area (Å²) >= 11 is 0. The SMILES string of the molecule is CCNC(=NCCNS(=O)(=O)CC)N1CCCC2(CNC(=O)C2)C1.I. The van der Waals surface area contributed by atoms with Gasteiger partial charge in [-0.1, -0.05) is 0 Å². The number of piperidine rings is 1. The van der Waals surface area contributed by atoms with Crippen molar-refractivity contribution in [1.29, 1.82) is 0 Å². The lowest BCUT2D eigenvalue weighted by molar-refractivity contribution is -0.119. The van der Waals surface area contributed by atoms with Gasteiger partial charge in [0.2, 0.25) is 15.9 Å². The smallest absolute Gasteiger partial charge is 0.220 e. The van der Waals surface area contributed by atoms with E-state index in [1.807, 2.05) is 6.92 Å². The zero-order chi connectivity index (χ0) is 17.6. The molecule has 2 saturated heterocycles. The summed E-state index contributed by atoms with van der Waals surface area (Å²) in [5.74, 6) is 1.01. The Morgan fingerprint density at radius 1 is 1.40 bits per heavy atom. The van der Waals surface area contributed by atoms with Crippen molar-refractivity contribution in [3.05, 3.63) is 0 Å². The lowest BCUT2D eigenvalue weighted by Gasteiger charge is -2.40. The summed E-state index contributed by atoms with van der Waals surface area (Å²) in [6.45, 7) is 7.50. The maximum absolute atomic E-state index is 11.6. The van der Waals surface area contributed by atoms with Crippen molar-refractivity contribution in [3.8, 4) is 0 Å². The third-order valence-corrected chi connectivity index (χ3v) is 5.97. The van der Waals surface area contributed by atoms with Crippen molar-refractivity contribution in [2.24, 2.45) is 10.4 Å². The first-order valence-corrected chi connectivity index (χ1v) is 10.3. The molecule has 1 unspecified atom stereocenters. The minimum absolute atomic E-state index is 0. The van der Waals surface area contributed by atoms with Crippen LogP contribution in [0.4, 0.5) is 0 Å². The molecule has 0 aromatic carbocycles. The van der Waals surface area contributed by atoms with E-state index in [1.54, 1.807) is 6.92 Å². The minimum Gasteiger partial charge on any atom is -0.357 e. The molecule has 0 aliphatic carbocycles. The summed E-state index contributed by atoms with van der Waals surface area (Å²) < 4.78 is 25.4. The van der Waals surface area contributed by atoms with Crippen LogP contribution in [0.25, 0.3) is 0 Å². The first-order valence-electron chi connectivity index (χ1n) is 8.67. The Hall–Kier alpha value is -0.620. The second-order valence-electron chi connectivity index (χ2n) is 6.51. The zero-order valence-electron chi connectivity index (χ0n) is 15.0. The molecular formula is C15H30IN5O3S. The molecule has 1 atom stereocenters. The molecule has 0 aromatic rings. The first-order chi connectivity index (χ1) is 11.4. The topological polar surface area (TPSA) is 103 Å². The lowest BCUT2D eigenvalue weighted by Crippen LogP contribution is -2.51. The number of halogens is 1. The average molecular weight is 487 g/mol. The fourth-order valence-corrected chi connectivity index (χ4v) is 3.93. The highest BCUT2D eigenvalue weighted by atomic mass is 127. The van der Waals surface area contributed by atoms with Gasteiger partial charge in [-0.2, -0.15) is 0 Å². The van der Waals surface area contributed by atoms with Crippen molar-refractivity contribution < 1.29 is 13.2 Å². The Labute approximate surface area is 167 Å². The van der Waals surface area contributed by atoms with Crippen molar-refractivity contribution >= 4 is 45.9 Å². The van der Waals surface area contributed by atoms with E-state index < -0.39 is 10.0 Å². The molecule has 2 heterocycles. The van der Waals surface area contributed by atoms with Gasteiger partial charge in [0.15, 0.2) is 5.96 Å². The molecule has 8 nitrogen and oxygen atoms in total. The number of likely N-dealkylation sites (tertiary alicyclic amines) is 1. The number of aliphatic imine (C=N–C) groups is 1. The van der Waals surface area contributed by atoms with Gasteiger partial charge < -0.3 is 15.5 Å². The van der Waals surface area contributed by atoms with Crippen LogP contribution in [0, 0.1) is 5.41 Å². The van der Waals surface area contributed by atoms with Crippen LogP contribution in [0.3, 0.4) is 0 Å². The highest BCUT2D eigenvalue weighted by molar-refractivity contribution is 14.0. The van der Waals surface area contributed by atoms with E-state index in [1.165, 1.54) is 0 Å². The molecule has 146 valence electrons. The quantitative estimate of drug-likeness (QED) is 0.214. The monoisotopic (exact) mass is 487 g/mol. The van der Waals surface area contributed by atoms with Crippen LogP contribution < -0.4 is 15.4 Å². The predicted octanol–water partition coefficient (Wildman–Crippen LogP) is 0.111. The molecule has 0 radical (unpaired) electrons. The molecule has 2 aliphatic heterocycles. The van der Waals surface area contributed by atoms with Crippen LogP contribution in [0.1, 0.15) is 33.1 Å². The van der Waals surface area contributed by atoms with E-state index in [-0.39, 0.29) is 41.1 Å².